The van der Waals surface area contributed by atoms with Crippen molar-refractivity contribution in [3.8, 4) is 0 Å². The molecule has 0 aromatic heterocycles. The lowest BCUT2D eigenvalue weighted by molar-refractivity contribution is 0.247. The van der Waals surface area contributed by atoms with Crippen molar-refractivity contribution in [3.05, 3.63) is 29.6 Å². The summed E-state index contributed by atoms with van der Waals surface area (Å²) in [6.45, 7) is 4.85. The van der Waals surface area contributed by atoms with Gasteiger partial charge in [0, 0.05) is 44.8 Å². The fourth-order valence-electron chi connectivity index (χ4n) is 3.35. The predicted octanol–water partition coefficient (Wildman–Crippen LogP) is 2.36. The summed E-state index contributed by atoms with van der Waals surface area (Å²) in [6.07, 6.45) is 5.25. The van der Waals surface area contributed by atoms with Crippen molar-refractivity contribution < 1.29 is 4.39 Å². The summed E-state index contributed by atoms with van der Waals surface area (Å²) < 4.78 is 14.4. The molecule has 3 aliphatic rings. The van der Waals surface area contributed by atoms with Gasteiger partial charge in [-0.2, -0.15) is 0 Å². The third-order valence-electron chi connectivity index (χ3n) is 4.92. The lowest BCUT2D eigenvalue weighted by Crippen LogP contribution is -2.47. The van der Waals surface area contributed by atoms with Crippen molar-refractivity contribution in [2.45, 2.75) is 44.3 Å². The quantitative estimate of drug-likeness (QED) is 0.898. The number of halogens is 1. The molecule has 4 heteroatoms. The van der Waals surface area contributed by atoms with E-state index in [4.69, 9.17) is 0 Å². The van der Waals surface area contributed by atoms with Crippen molar-refractivity contribution >= 4 is 5.69 Å². The van der Waals surface area contributed by atoms with Gasteiger partial charge in [0.2, 0.25) is 0 Å². The van der Waals surface area contributed by atoms with Crippen LogP contribution in [0.2, 0.25) is 0 Å². The molecule has 1 N–H and O–H groups in total. The number of piperazine rings is 1. The molecule has 2 aliphatic carbocycles. The van der Waals surface area contributed by atoms with E-state index in [0.29, 0.717) is 6.04 Å². The van der Waals surface area contributed by atoms with E-state index in [1.165, 1.54) is 25.7 Å². The number of hydrogen-bond donors (Lipinski definition) is 1. The van der Waals surface area contributed by atoms with Crippen molar-refractivity contribution in [1.29, 1.82) is 0 Å². The maximum absolute atomic E-state index is 14.4. The molecule has 3 fully saturated rings. The zero-order valence-corrected chi connectivity index (χ0v) is 12.5. The van der Waals surface area contributed by atoms with Crippen LogP contribution in [0, 0.1) is 5.82 Å². The van der Waals surface area contributed by atoms with Crippen LogP contribution < -0.4 is 10.2 Å². The molecule has 1 heterocycles. The molecule has 0 radical (unpaired) electrons. The van der Waals surface area contributed by atoms with E-state index in [-0.39, 0.29) is 5.82 Å². The lowest BCUT2D eigenvalue weighted by Gasteiger charge is -2.37. The molecule has 0 amide bonds. The number of nitrogens with one attached hydrogen (secondary N) is 1. The van der Waals surface area contributed by atoms with Gasteiger partial charge in [0.15, 0.2) is 0 Å². The fraction of sp³-hybridized carbons (Fsp3) is 0.647. The second-order valence-electron chi connectivity index (χ2n) is 6.66. The van der Waals surface area contributed by atoms with Crippen LogP contribution >= 0.6 is 0 Å². The predicted molar refractivity (Wildman–Crippen MR) is 83.1 cm³/mol. The summed E-state index contributed by atoms with van der Waals surface area (Å²) >= 11 is 0. The Balaban J connectivity index is 1.47. The van der Waals surface area contributed by atoms with E-state index in [1.807, 2.05) is 6.07 Å². The largest absolute Gasteiger partial charge is 0.366 e. The number of benzene rings is 1. The Morgan fingerprint density at radius 2 is 1.81 bits per heavy atom. The number of anilines is 1. The molecule has 1 saturated heterocycles. The van der Waals surface area contributed by atoms with Gasteiger partial charge in [-0.3, -0.25) is 4.90 Å². The minimum atomic E-state index is -0.0648. The minimum Gasteiger partial charge on any atom is -0.366 e. The van der Waals surface area contributed by atoms with Gasteiger partial charge in [0.25, 0.3) is 0 Å². The Hall–Kier alpha value is -1.13. The zero-order valence-electron chi connectivity index (χ0n) is 12.5. The Morgan fingerprint density at radius 1 is 1.05 bits per heavy atom. The van der Waals surface area contributed by atoms with Crippen molar-refractivity contribution in [3.63, 3.8) is 0 Å². The molecule has 0 unspecified atom stereocenters. The van der Waals surface area contributed by atoms with E-state index in [9.17, 15) is 4.39 Å². The Labute approximate surface area is 126 Å². The van der Waals surface area contributed by atoms with E-state index in [0.717, 1.165) is 50.0 Å². The van der Waals surface area contributed by atoms with E-state index >= 15 is 0 Å². The van der Waals surface area contributed by atoms with E-state index in [1.54, 1.807) is 6.07 Å². The number of rotatable bonds is 5. The van der Waals surface area contributed by atoms with Crippen LogP contribution in [0.1, 0.15) is 31.2 Å². The van der Waals surface area contributed by atoms with Gasteiger partial charge in [-0.25, -0.2) is 4.39 Å². The summed E-state index contributed by atoms with van der Waals surface area (Å²) in [4.78, 5) is 4.82. The normalized spacial score (nSPS) is 23.6. The van der Waals surface area contributed by atoms with Gasteiger partial charge in [-0.1, -0.05) is 12.1 Å². The SMILES string of the molecule is Fc1cccc(CNC2CC2)c1N1CCN(C2CC2)CC1. The summed E-state index contributed by atoms with van der Waals surface area (Å²) in [7, 11) is 0. The molecule has 2 saturated carbocycles. The first-order valence-electron chi connectivity index (χ1n) is 8.31. The maximum atomic E-state index is 14.4. The maximum Gasteiger partial charge on any atom is 0.146 e. The summed E-state index contributed by atoms with van der Waals surface area (Å²) in [5.74, 6) is -0.0648. The smallest absolute Gasteiger partial charge is 0.146 e. The molecule has 21 heavy (non-hydrogen) atoms. The van der Waals surface area contributed by atoms with Crippen molar-refractivity contribution in [1.82, 2.24) is 10.2 Å². The second kappa shape index (κ2) is 5.58. The molecular formula is C17H24FN3. The van der Waals surface area contributed by atoms with Gasteiger partial charge < -0.3 is 10.2 Å². The number of hydrogen-bond acceptors (Lipinski definition) is 3. The first kappa shape index (κ1) is 13.5. The van der Waals surface area contributed by atoms with E-state index in [2.05, 4.69) is 21.2 Å². The lowest BCUT2D eigenvalue weighted by atomic mass is 10.1. The van der Waals surface area contributed by atoms with Gasteiger partial charge >= 0.3 is 0 Å². The first-order chi connectivity index (χ1) is 10.3. The van der Waals surface area contributed by atoms with Crippen molar-refractivity contribution in [2.24, 2.45) is 0 Å². The van der Waals surface area contributed by atoms with Gasteiger partial charge in [0.1, 0.15) is 5.82 Å². The molecule has 0 atom stereocenters. The van der Waals surface area contributed by atoms with Crippen LogP contribution in [-0.4, -0.2) is 43.2 Å². The Bertz CT molecular complexity index is 503. The molecule has 3 nitrogen and oxygen atoms in total. The minimum absolute atomic E-state index is 0.0648. The van der Waals surface area contributed by atoms with E-state index < -0.39 is 0 Å². The third kappa shape index (κ3) is 3.06. The van der Waals surface area contributed by atoms with Gasteiger partial charge in [0.05, 0.1) is 5.69 Å². The average Bonchev–Trinajstić information content (AvgIpc) is 3.39. The summed E-state index contributed by atoms with van der Waals surface area (Å²) in [5, 5.41) is 3.51. The molecular weight excluding hydrogens is 265 g/mol. The highest BCUT2D eigenvalue weighted by atomic mass is 19.1. The van der Waals surface area contributed by atoms with Crippen LogP contribution in [-0.2, 0) is 6.54 Å². The summed E-state index contributed by atoms with van der Waals surface area (Å²) in [5.41, 5.74) is 1.95. The first-order valence-corrected chi connectivity index (χ1v) is 8.31. The molecule has 0 spiro atoms. The van der Waals surface area contributed by atoms with Crippen LogP contribution in [0.5, 0.6) is 0 Å². The fourth-order valence-corrected chi connectivity index (χ4v) is 3.35. The van der Waals surface area contributed by atoms with Crippen LogP contribution in [0.3, 0.4) is 0 Å². The monoisotopic (exact) mass is 289 g/mol. The standard InChI is InChI=1S/C17H24FN3/c18-16-3-1-2-13(12-19-14-4-5-14)17(16)21-10-8-20(9-11-21)15-6-7-15/h1-3,14-15,19H,4-12H2. The van der Waals surface area contributed by atoms with Gasteiger partial charge in [-0.15, -0.1) is 0 Å². The molecule has 1 aromatic rings. The topological polar surface area (TPSA) is 18.5 Å². The second-order valence-corrected chi connectivity index (χ2v) is 6.66. The molecule has 4 rings (SSSR count). The van der Waals surface area contributed by atoms with Crippen LogP contribution in [0.25, 0.3) is 0 Å². The van der Waals surface area contributed by atoms with Crippen molar-refractivity contribution in [2.75, 3.05) is 31.1 Å². The van der Waals surface area contributed by atoms with Crippen LogP contribution in [0.4, 0.5) is 10.1 Å². The highest BCUT2D eigenvalue weighted by Crippen LogP contribution is 2.31. The average molecular weight is 289 g/mol. The molecule has 0 bridgehead atoms. The highest BCUT2D eigenvalue weighted by Gasteiger charge is 2.32. The Morgan fingerprint density at radius 3 is 2.48 bits per heavy atom. The van der Waals surface area contributed by atoms with Gasteiger partial charge in [-0.05, 0) is 37.3 Å². The highest BCUT2D eigenvalue weighted by molar-refractivity contribution is 5.55. The number of nitrogens with zero attached hydrogens (tertiary/aromatic N) is 2. The number of para-hydroxylation sites is 1. The Kier molecular flexibility index (Phi) is 3.59. The molecule has 114 valence electrons. The molecule has 1 aliphatic heterocycles. The third-order valence-corrected chi connectivity index (χ3v) is 4.92. The molecule has 1 aromatic carbocycles. The zero-order chi connectivity index (χ0) is 14.2. The summed E-state index contributed by atoms with van der Waals surface area (Å²) in [6, 6.07) is 6.99. The van der Waals surface area contributed by atoms with Crippen LogP contribution in [0.15, 0.2) is 18.2 Å².